The van der Waals surface area contributed by atoms with Gasteiger partial charge in [0.15, 0.2) is 11.6 Å². The minimum Gasteiger partial charge on any atom is -0.389 e. The minimum absolute atomic E-state index is 0.0479. The maximum atomic E-state index is 16.5. The molecule has 2 aliphatic heterocycles. The monoisotopic (exact) mass is 523 g/mol. The summed E-state index contributed by atoms with van der Waals surface area (Å²) in [6.07, 6.45) is 2.61. The molecule has 0 aliphatic carbocycles. The van der Waals surface area contributed by atoms with Gasteiger partial charge in [-0.1, -0.05) is 0 Å². The Morgan fingerprint density at radius 3 is 2.70 bits per heavy atom. The Morgan fingerprint density at radius 2 is 2.00 bits per heavy atom. The molecule has 1 saturated heterocycles. The standard InChI is InChI=1S/C25H23F2N7O2S/c1-33(2)16-7-34(8-17(16)35-3)25-31-5-12-13-9-36-10-14(13)18(20(27)21(12)32-25)22-19-11(4-28)24(29)37-23(19)15(26)6-30-22/h5-6,16-17H,7-10,29H2,1-3H3/t16-,17+/m1/s1. The number of nitrogens with two attached hydrogens (primary N) is 1. The van der Waals surface area contributed by atoms with Gasteiger partial charge in [0.25, 0.3) is 0 Å². The van der Waals surface area contributed by atoms with Gasteiger partial charge in [-0.15, -0.1) is 11.3 Å². The molecule has 0 amide bonds. The van der Waals surface area contributed by atoms with Crippen LogP contribution in [0.1, 0.15) is 16.7 Å². The van der Waals surface area contributed by atoms with Crippen LogP contribution in [0.15, 0.2) is 12.4 Å². The van der Waals surface area contributed by atoms with E-state index in [9.17, 15) is 9.65 Å². The summed E-state index contributed by atoms with van der Waals surface area (Å²) < 4.78 is 42.6. The molecule has 0 bridgehead atoms. The molecule has 6 rings (SSSR count). The number of hydrogen-bond donors (Lipinski definition) is 1. The number of fused-ring (bicyclic) bond motifs is 4. The van der Waals surface area contributed by atoms with E-state index < -0.39 is 11.6 Å². The van der Waals surface area contributed by atoms with Gasteiger partial charge in [0.2, 0.25) is 5.95 Å². The Balaban J connectivity index is 1.58. The zero-order valence-corrected chi connectivity index (χ0v) is 21.2. The van der Waals surface area contributed by atoms with Gasteiger partial charge < -0.3 is 25.0 Å². The number of nitrogen functional groups attached to an aromatic ring is 1. The van der Waals surface area contributed by atoms with Gasteiger partial charge in [0.1, 0.15) is 16.6 Å². The minimum atomic E-state index is -0.622. The van der Waals surface area contributed by atoms with Gasteiger partial charge in [-0.05, 0) is 25.2 Å². The molecule has 2 atom stereocenters. The van der Waals surface area contributed by atoms with E-state index in [0.717, 1.165) is 23.1 Å². The molecule has 37 heavy (non-hydrogen) atoms. The number of methoxy groups -OCH3 is 1. The lowest BCUT2D eigenvalue weighted by Gasteiger charge is -2.23. The van der Waals surface area contributed by atoms with Crippen molar-refractivity contribution in [2.75, 3.05) is 44.9 Å². The Labute approximate surface area is 215 Å². The zero-order valence-electron chi connectivity index (χ0n) is 20.4. The summed E-state index contributed by atoms with van der Waals surface area (Å²) in [4.78, 5) is 17.5. The fourth-order valence-electron chi connectivity index (χ4n) is 5.34. The normalized spacial score (nSPS) is 19.3. The van der Waals surface area contributed by atoms with E-state index in [1.54, 1.807) is 13.3 Å². The first-order valence-corrected chi connectivity index (χ1v) is 12.4. The van der Waals surface area contributed by atoms with Crippen molar-refractivity contribution >= 4 is 43.3 Å². The summed E-state index contributed by atoms with van der Waals surface area (Å²) >= 11 is 0.944. The van der Waals surface area contributed by atoms with Crippen LogP contribution in [0.4, 0.5) is 19.7 Å². The number of rotatable bonds is 4. The molecule has 5 heterocycles. The van der Waals surface area contributed by atoms with Crippen LogP contribution < -0.4 is 10.6 Å². The first kappa shape index (κ1) is 23.9. The van der Waals surface area contributed by atoms with Gasteiger partial charge in [-0.3, -0.25) is 4.98 Å². The van der Waals surface area contributed by atoms with Gasteiger partial charge in [0, 0.05) is 42.7 Å². The molecule has 1 fully saturated rings. The third-order valence-corrected chi connectivity index (χ3v) is 8.25. The lowest BCUT2D eigenvalue weighted by Crippen LogP contribution is -2.39. The molecule has 0 saturated carbocycles. The van der Waals surface area contributed by atoms with Crippen molar-refractivity contribution in [1.82, 2.24) is 19.9 Å². The van der Waals surface area contributed by atoms with Crippen LogP contribution in [0.5, 0.6) is 0 Å². The van der Waals surface area contributed by atoms with Crippen LogP contribution in [0.25, 0.3) is 32.2 Å². The number of pyridine rings is 1. The molecular weight excluding hydrogens is 500 g/mol. The van der Waals surface area contributed by atoms with Crippen LogP contribution in [-0.2, 0) is 22.7 Å². The van der Waals surface area contributed by atoms with Crippen LogP contribution >= 0.6 is 11.3 Å². The smallest absolute Gasteiger partial charge is 0.226 e. The van der Waals surface area contributed by atoms with Crippen molar-refractivity contribution in [3.63, 3.8) is 0 Å². The number of thiophene rings is 1. The Kier molecular flexibility index (Phi) is 5.68. The van der Waals surface area contributed by atoms with Crippen molar-refractivity contribution in [2.45, 2.75) is 25.4 Å². The highest BCUT2D eigenvalue weighted by Gasteiger charge is 2.36. The molecule has 9 nitrogen and oxygen atoms in total. The second-order valence-electron chi connectivity index (χ2n) is 9.39. The van der Waals surface area contributed by atoms with Crippen LogP contribution in [0.2, 0.25) is 0 Å². The second-order valence-corrected chi connectivity index (χ2v) is 10.4. The van der Waals surface area contributed by atoms with Crippen LogP contribution in [-0.4, -0.2) is 66.3 Å². The van der Waals surface area contributed by atoms with Crippen molar-refractivity contribution in [3.8, 4) is 17.3 Å². The topological polar surface area (TPSA) is 113 Å². The third-order valence-electron chi connectivity index (χ3n) is 7.22. The fraction of sp³-hybridized carbons (Fsp3) is 0.360. The first-order valence-electron chi connectivity index (χ1n) is 11.6. The van der Waals surface area contributed by atoms with Gasteiger partial charge >= 0.3 is 0 Å². The predicted octanol–water partition coefficient (Wildman–Crippen LogP) is 3.43. The van der Waals surface area contributed by atoms with E-state index in [4.69, 9.17) is 15.2 Å². The molecule has 12 heteroatoms. The van der Waals surface area contributed by atoms with E-state index in [2.05, 4.69) is 19.9 Å². The summed E-state index contributed by atoms with van der Waals surface area (Å²) in [5, 5.41) is 10.6. The number of anilines is 2. The highest BCUT2D eigenvalue weighted by atomic mass is 32.1. The number of likely N-dealkylation sites (N-methyl/N-ethyl adjacent to an activating group) is 1. The number of benzene rings is 1. The van der Waals surface area contributed by atoms with E-state index in [1.165, 1.54) is 0 Å². The third kappa shape index (κ3) is 3.53. The van der Waals surface area contributed by atoms with Gasteiger partial charge in [0.05, 0.1) is 47.5 Å². The molecule has 190 valence electrons. The maximum absolute atomic E-state index is 16.5. The van der Waals surface area contributed by atoms with Crippen molar-refractivity contribution in [2.24, 2.45) is 0 Å². The predicted molar refractivity (Wildman–Crippen MR) is 136 cm³/mol. The maximum Gasteiger partial charge on any atom is 0.226 e. The molecular formula is C25H23F2N7O2S. The number of nitrogens with zero attached hydrogens (tertiary/aromatic N) is 6. The molecule has 3 aromatic heterocycles. The van der Waals surface area contributed by atoms with E-state index in [1.807, 2.05) is 25.1 Å². The van der Waals surface area contributed by atoms with Gasteiger partial charge in [-0.25, -0.2) is 18.7 Å². The van der Waals surface area contributed by atoms with E-state index in [0.29, 0.717) is 30.0 Å². The van der Waals surface area contributed by atoms with Crippen molar-refractivity contribution < 1.29 is 18.3 Å². The quantitative estimate of drug-likeness (QED) is 0.430. The van der Waals surface area contributed by atoms with Crippen molar-refractivity contribution in [1.29, 1.82) is 5.26 Å². The lowest BCUT2D eigenvalue weighted by molar-refractivity contribution is 0.0639. The van der Waals surface area contributed by atoms with Crippen LogP contribution in [0, 0.1) is 23.0 Å². The summed E-state index contributed by atoms with van der Waals surface area (Å²) in [7, 11) is 5.64. The number of ether oxygens (including phenoxy) is 2. The zero-order chi connectivity index (χ0) is 26.0. The highest BCUT2D eigenvalue weighted by Crippen LogP contribution is 2.45. The molecule has 0 unspecified atom stereocenters. The van der Waals surface area contributed by atoms with Crippen molar-refractivity contribution in [3.05, 3.63) is 40.7 Å². The first-order chi connectivity index (χ1) is 17.8. The summed E-state index contributed by atoms with van der Waals surface area (Å²) in [5.74, 6) is -0.853. The number of halogens is 2. The molecule has 2 N–H and O–H groups in total. The van der Waals surface area contributed by atoms with E-state index >= 15 is 4.39 Å². The highest BCUT2D eigenvalue weighted by molar-refractivity contribution is 7.23. The average Bonchev–Trinajstić information content (AvgIpc) is 3.62. The number of nitriles is 1. The molecule has 4 aromatic rings. The number of aromatic nitrogens is 3. The molecule has 2 aliphatic rings. The van der Waals surface area contributed by atoms with E-state index in [-0.39, 0.29) is 62.8 Å². The SMILES string of the molecule is CO[C@H]1CN(c2ncc3c4c(c(-c5ncc(F)c6sc(N)c(C#N)c56)c(F)c3n2)COC4)C[C@H]1N(C)C. The number of hydrogen-bond acceptors (Lipinski definition) is 10. The summed E-state index contributed by atoms with van der Waals surface area (Å²) in [6, 6.07) is 2.15. The van der Waals surface area contributed by atoms with Crippen LogP contribution in [0.3, 0.4) is 0 Å². The summed E-state index contributed by atoms with van der Waals surface area (Å²) in [6.45, 7) is 1.58. The molecule has 0 spiro atoms. The Morgan fingerprint density at radius 1 is 1.22 bits per heavy atom. The summed E-state index contributed by atoms with van der Waals surface area (Å²) in [5.41, 5.74) is 7.84. The second kappa shape index (κ2) is 8.81. The molecule has 0 radical (unpaired) electrons. The average molecular weight is 524 g/mol. The fourth-order valence-corrected chi connectivity index (χ4v) is 6.26. The Bertz CT molecular complexity index is 1620. The molecule has 1 aromatic carbocycles. The Hall–Kier alpha value is -3.50. The largest absolute Gasteiger partial charge is 0.389 e. The van der Waals surface area contributed by atoms with Gasteiger partial charge in [-0.2, -0.15) is 5.26 Å². The lowest BCUT2D eigenvalue weighted by atomic mass is 9.94.